The highest BCUT2D eigenvalue weighted by Gasteiger charge is 2.19. The highest BCUT2D eigenvalue weighted by molar-refractivity contribution is 6.04. The van der Waals surface area contributed by atoms with Crippen LogP contribution < -0.4 is 10.6 Å². The van der Waals surface area contributed by atoms with E-state index in [0.29, 0.717) is 18.0 Å². The molecule has 0 aliphatic heterocycles. The Bertz CT molecular complexity index is 913. The van der Waals surface area contributed by atoms with Gasteiger partial charge in [-0.25, -0.2) is 0 Å². The van der Waals surface area contributed by atoms with E-state index in [4.69, 9.17) is 10.1 Å². The number of ether oxygens (including phenoxy) is 1. The molecule has 150 valence electrons. The lowest BCUT2D eigenvalue weighted by Crippen LogP contribution is -2.27. The molecule has 11 heteroatoms. The summed E-state index contributed by atoms with van der Waals surface area (Å²) < 4.78 is 7.91. The number of hydrogen-bond donors (Lipinski definition) is 3. The van der Waals surface area contributed by atoms with E-state index < -0.39 is 10.8 Å². The third kappa shape index (κ3) is 4.96. The van der Waals surface area contributed by atoms with Crippen LogP contribution in [0.4, 0.5) is 11.4 Å². The van der Waals surface area contributed by atoms with E-state index >= 15 is 0 Å². The third-order valence-electron chi connectivity index (χ3n) is 3.89. The number of anilines is 1. The SMILES string of the molecule is CCOC(=N)CCNC(=O)c1cc(NC(=O)c2cc([N+](=O)[O-])cn2C)cn1C. The van der Waals surface area contributed by atoms with Gasteiger partial charge in [-0.05, 0) is 13.0 Å². The van der Waals surface area contributed by atoms with Crippen molar-refractivity contribution in [2.24, 2.45) is 14.1 Å². The molecule has 2 amide bonds. The normalized spacial score (nSPS) is 10.4. The molecule has 0 saturated heterocycles. The van der Waals surface area contributed by atoms with Crippen molar-refractivity contribution in [3.05, 3.63) is 46.0 Å². The second kappa shape index (κ2) is 8.84. The fourth-order valence-corrected chi connectivity index (χ4v) is 2.55. The average Bonchev–Trinajstić information content (AvgIpc) is 3.18. The minimum absolute atomic E-state index is 0.0966. The Morgan fingerprint density at radius 1 is 1.18 bits per heavy atom. The molecule has 2 rings (SSSR count). The van der Waals surface area contributed by atoms with Crippen molar-refractivity contribution in [1.29, 1.82) is 5.41 Å². The van der Waals surface area contributed by atoms with Crippen molar-refractivity contribution in [3.63, 3.8) is 0 Å². The van der Waals surface area contributed by atoms with Crippen LogP contribution in [0.5, 0.6) is 0 Å². The predicted octanol–water partition coefficient (Wildman–Crippen LogP) is 1.66. The molecule has 0 unspecified atom stereocenters. The Morgan fingerprint density at radius 2 is 1.82 bits per heavy atom. The first-order chi connectivity index (χ1) is 13.2. The molecule has 0 bridgehead atoms. The van der Waals surface area contributed by atoms with Crippen molar-refractivity contribution in [3.8, 4) is 0 Å². The predicted molar refractivity (Wildman–Crippen MR) is 102 cm³/mol. The number of carbonyl (C=O) groups is 2. The molecule has 28 heavy (non-hydrogen) atoms. The molecule has 0 atom stereocenters. The maximum Gasteiger partial charge on any atom is 0.287 e. The molecule has 11 nitrogen and oxygen atoms in total. The lowest BCUT2D eigenvalue weighted by molar-refractivity contribution is -0.384. The molecule has 0 aliphatic rings. The second-order valence-electron chi connectivity index (χ2n) is 5.99. The number of aromatic nitrogens is 2. The van der Waals surface area contributed by atoms with Gasteiger partial charge in [-0.3, -0.25) is 25.1 Å². The molecule has 0 aliphatic carbocycles. The van der Waals surface area contributed by atoms with Crippen molar-refractivity contribution in [2.45, 2.75) is 13.3 Å². The van der Waals surface area contributed by atoms with E-state index in [9.17, 15) is 19.7 Å². The van der Waals surface area contributed by atoms with E-state index in [1.165, 1.54) is 29.9 Å². The maximum absolute atomic E-state index is 12.4. The molecule has 0 aromatic carbocycles. The van der Waals surface area contributed by atoms with Gasteiger partial charge >= 0.3 is 0 Å². The van der Waals surface area contributed by atoms with Crippen LogP contribution in [0.3, 0.4) is 0 Å². The number of nitrogens with one attached hydrogen (secondary N) is 3. The van der Waals surface area contributed by atoms with Crippen LogP contribution in [-0.2, 0) is 18.8 Å². The molecule has 3 N–H and O–H groups in total. The lowest BCUT2D eigenvalue weighted by Gasteiger charge is -2.07. The molecular formula is C17H22N6O5. The smallest absolute Gasteiger partial charge is 0.287 e. The number of nitro groups is 1. The molecular weight excluding hydrogens is 368 g/mol. The van der Waals surface area contributed by atoms with Gasteiger partial charge in [0.25, 0.3) is 17.5 Å². The standard InChI is InChI=1S/C17H22N6O5/c1-4-28-15(18)5-6-19-16(24)13-7-11(9-21(13)2)20-17(25)14-8-12(23(26)27)10-22(14)3/h7-10,18H,4-6H2,1-3H3,(H,19,24)(H,20,25). The summed E-state index contributed by atoms with van der Waals surface area (Å²) in [5.41, 5.74) is 0.633. The first kappa shape index (κ1) is 20.7. The van der Waals surface area contributed by atoms with E-state index in [2.05, 4.69) is 10.6 Å². The van der Waals surface area contributed by atoms with Gasteiger partial charge in [-0.2, -0.15) is 0 Å². The van der Waals surface area contributed by atoms with Crippen LogP contribution in [0.15, 0.2) is 24.5 Å². The average molecular weight is 390 g/mol. The van der Waals surface area contributed by atoms with Gasteiger partial charge in [-0.1, -0.05) is 0 Å². The molecule has 2 aromatic rings. The minimum Gasteiger partial charge on any atom is -0.481 e. The highest BCUT2D eigenvalue weighted by atomic mass is 16.6. The summed E-state index contributed by atoms with van der Waals surface area (Å²) in [6.07, 6.45) is 3.09. The minimum atomic E-state index is -0.576. The zero-order chi connectivity index (χ0) is 20.8. The topological polar surface area (TPSA) is 144 Å². The molecule has 0 spiro atoms. The number of hydrogen-bond acceptors (Lipinski definition) is 6. The van der Waals surface area contributed by atoms with Crippen LogP contribution >= 0.6 is 0 Å². The van der Waals surface area contributed by atoms with Crippen molar-refractivity contribution < 1.29 is 19.2 Å². The van der Waals surface area contributed by atoms with Gasteiger partial charge in [0.1, 0.15) is 11.4 Å². The lowest BCUT2D eigenvalue weighted by atomic mass is 10.3. The summed E-state index contributed by atoms with van der Waals surface area (Å²) in [6, 6.07) is 2.68. The Labute approximate surface area is 160 Å². The Morgan fingerprint density at radius 3 is 2.43 bits per heavy atom. The fourth-order valence-electron chi connectivity index (χ4n) is 2.55. The molecule has 2 aromatic heterocycles. The van der Waals surface area contributed by atoms with Gasteiger partial charge in [0.2, 0.25) is 0 Å². The molecule has 0 radical (unpaired) electrons. The summed E-state index contributed by atoms with van der Waals surface area (Å²) in [6.45, 7) is 2.43. The number of nitrogens with zero attached hydrogens (tertiary/aromatic N) is 3. The van der Waals surface area contributed by atoms with E-state index in [0.717, 1.165) is 0 Å². The Kier molecular flexibility index (Phi) is 6.53. The third-order valence-corrected chi connectivity index (χ3v) is 3.89. The second-order valence-corrected chi connectivity index (χ2v) is 5.99. The first-order valence-electron chi connectivity index (χ1n) is 8.49. The summed E-state index contributed by atoms with van der Waals surface area (Å²) in [5, 5.41) is 23.6. The number of aryl methyl sites for hydroxylation is 2. The van der Waals surface area contributed by atoms with Crippen LogP contribution in [0, 0.1) is 15.5 Å². The number of amides is 2. The first-order valence-corrected chi connectivity index (χ1v) is 8.49. The van der Waals surface area contributed by atoms with Crippen molar-refractivity contribution >= 4 is 29.1 Å². The molecule has 2 heterocycles. The zero-order valence-electron chi connectivity index (χ0n) is 15.8. The van der Waals surface area contributed by atoms with Gasteiger partial charge < -0.3 is 24.5 Å². The summed E-state index contributed by atoms with van der Waals surface area (Å²) >= 11 is 0. The zero-order valence-corrected chi connectivity index (χ0v) is 15.8. The van der Waals surface area contributed by atoms with Crippen molar-refractivity contribution in [1.82, 2.24) is 14.5 Å². The van der Waals surface area contributed by atoms with Crippen LogP contribution in [-0.4, -0.2) is 44.9 Å². The van der Waals surface area contributed by atoms with Gasteiger partial charge in [0.15, 0.2) is 5.90 Å². The van der Waals surface area contributed by atoms with Crippen LogP contribution in [0.1, 0.15) is 34.3 Å². The molecule has 0 fully saturated rings. The highest BCUT2D eigenvalue weighted by Crippen LogP contribution is 2.18. The van der Waals surface area contributed by atoms with E-state index in [1.54, 1.807) is 24.7 Å². The van der Waals surface area contributed by atoms with Crippen LogP contribution in [0.2, 0.25) is 0 Å². The Balaban J connectivity index is 2.01. The quantitative estimate of drug-likeness (QED) is 0.272. The monoisotopic (exact) mass is 390 g/mol. The summed E-state index contributed by atoms with van der Waals surface area (Å²) in [4.78, 5) is 34.9. The van der Waals surface area contributed by atoms with E-state index in [-0.39, 0.29) is 36.2 Å². The Hall–Kier alpha value is -3.63. The maximum atomic E-state index is 12.4. The number of carbonyl (C=O) groups excluding carboxylic acids is 2. The summed E-state index contributed by atoms with van der Waals surface area (Å²) in [5.74, 6) is -0.792. The van der Waals surface area contributed by atoms with Crippen molar-refractivity contribution in [2.75, 3.05) is 18.5 Å². The summed E-state index contributed by atoms with van der Waals surface area (Å²) in [7, 11) is 3.19. The van der Waals surface area contributed by atoms with E-state index in [1.807, 2.05) is 0 Å². The molecule has 0 saturated carbocycles. The van der Waals surface area contributed by atoms with Gasteiger partial charge in [-0.15, -0.1) is 0 Å². The largest absolute Gasteiger partial charge is 0.481 e. The fraction of sp³-hybridized carbons (Fsp3) is 0.353. The van der Waals surface area contributed by atoms with Gasteiger partial charge in [0.05, 0.1) is 23.4 Å². The van der Waals surface area contributed by atoms with Crippen LogP contribution in [0.25, 0.3) is 0 Å². The van der Waals surface area contributed by atoms with Gasteiger partial charge in [0, 0.05) is 39.3 Å². The number of rotatable bonds is 8.